The van der Waals surface area contributed by atoms with Gasteiger partial charge in [0.05, 0.1) is 7.11 Å². The summed E-state index contributed by atoms with van der Waals surface area (Å²) in [6, 6.07) is 5.02. The summed E-state index contributed by atoms with van der Waals surface area (Å²) in [5, 5.41) is 0. The summed E-state index contributed by atoms with van der Waals surface area (Å²) in [6.45, 7) is 6.93. The molecule has 1 atom stereocenters. The fourth-order valence-electron chi connectivity index (χ4n) is 1.87. The van der Waals surface area contributed by atoms with E-state index in [1.807, 2.05) is 6.92 Å². The summed E-state index contributed by atoms with van der Waals surface area (Å²) in [5.41, 5.74) is 0. The molecule has 0 heterocycles. The molecule has 4 nitrogen and oxygen atoms in total. The molecule has 0 bridgehead atoms. The molecule has 0 aliphatic carbocycles. The molecule has 1 aromatic rings. The van der Waals surface area contributed by atoms with E-state index < -0.39 is 10.0 Å². The standard InChI is InChI=1S/C14H22BrNO3S/c1-5-11(3)10-16(6-2)20(17,18)14-9-12(15)7-8-13(14)19-4/h7-9,11H,5-6,10H2,1-4H3. The Labute approximate surface area is 130 Å². The van der Waals surface area contributed by atoms with Gasteiger partial charge < -0.3 is 4.74 Å². The summed E-state index contributed by atoms with van der Waals surface area (Å²) in [6.07, 6.45) is 0.946. The van der Waals surface area contributed by atoms with Gasteiger partial charge in [-0.2, -0.15) is 4.31 Å². The highest BCUT2D eigenvalue weighted by molar-refractivity contribution is 9.10. The fourth-order valence-corrected chi connectivity index (χ4v) is 4.13. The van der Waals surface area contributed by atoms with Crippen molar-refractivity contribution in [3.63, 3.8) is 0 Å². The molecule has 0 radical (unpaired) electrons. The monoisotopic (exact) mass is 363 g/mol. The molecule has 0 aliphatic heterocycles. The van der Waals surface area contributed by atoms with Gasteiger partial charge in [0.25, 0.3) is 0 Å². The lowest BCUT2D eigenvalue weighted by atomic mass is 10.1. The number of hydrogen-bond donors (Lipinski definition) is 0. The first-order valence-electron chi connectivity index (χ1n) is 6.70. The molecule has 0 N–H and O–H groups in total. The third-order valence-electron chi connectivity index (χ3n) is 3.31. The largest absolute Gasteiger partial charge is 0.495 e. The normalized spacial score (nSPS) is 13.5. The summed E-state index contributed by atoms with van der Waals surface area (Å²) >= 11 is 3.32. The average molecular weight is 364 g/mol. The molecule has 20 heavy (non-hydrogen) atoms. The van der Waals surface area contributed by atoms with Gasteiger partial charge in [0.2, 0.25) is 10.0 Å². The number of rotatable bonds is 7. The third kappa shape index (κ3) is 3.96. The quantitative estimate of drug-likeness (QED) is 0.744. The van der Waals surface area contributed by atoms with Crippen LogP contribution in [0, 0.1) is 5.92 Å². The molecule has 0 spiro atoms. The van der Waals surface area contributed by atoms with Gasteiger partial charge in [0.15, 0.2) is 0 Å². The summed E-state index contributed by atoms with van der Waals surface area (Å²) < 4.78 is 33.0. The van der Waals surface area contributed by atoms with Gasteiger partial charge in [-0.3, -0.25) is 0 Å². The first-order chi connectivity index (χ1) is 9.36. The fraction of sp³-hybridized carbons (Fsp3) is 0.571. The van der Waals surface area contributed by atoms with E-state index >= 15 is 0 Å². The Bertz CT molecular complexity index is 545. The molecule has 0 saturated heterocycles. The first-order valence-corrected chi connectivity index (χ1v) is 8.93. The van der Waals surface area contributed by atoms with Crippen molar-refractivity contribution in [2.24, 2.45) is 5.92 Å². The predicted octanol–water partition coefficient (Wildman–Crippen LogP) is 3.51. The van der Waals surface area contributed by atoms with Crippen molar-refractivity contribution in [3.8, 4) is 5.75 Å². The van der Waals surface area contributed by atoms with Crippen molar-refractivity contribution in [1.82, 2.24) is 4.31 Å². The van der Waals surface area contributed by atoms with Gasteiger partial charge in [-0.25, -0.2) is 8.42 Å². The van der Waals surface area contributed by atoms with Crippen LogP contribution < -0.4 is 4.74 Å². The SMILES string of the molecule is CCC(C)CN(CC)S(=O)(=O)c1cc(Br)ccc1OC. The summed E-state index contributed by atoms with van der Waals surface area (Å²) in [7, 11) is -2.06. The molecule has 0 aliphatic rings. The van der Waals surface area contributed by atoms with E-state index in [0.717, 1.165) is 10.9 Å². The average Bonchev–Trinajstić information content (AvgIpc) is 2.44. The minimum Gasteiger partial charge on any atom is -0.495 e. The molecule has 1 rings (SSSR count). The lowest BCUT2D eigenvalue weighted by Crippen LogP contribution is -2.34. The lowest BCUT2D eigenvalue weighted by molar-refractivity contribution is 0.356. The second kappa shape index (κ2) is 7.43. The van der Waals surface area contributed by atoms with Crippen molar-refractivity contribution in [2.45, 2.75) is 32.1 Å². The Morgan fingerprint density at radius 3 is 2.50 bits per heavy atom. The van der Waals surface area contributed by atoms with Crippen molar-refractivity contribution < 1.29 is 13.2 Å². The second-order valence-electron chi connectivity index (χ2n) is 4.76. The van der Waals surface area contributed by atoms with Crippen molar-refractivity contribution in [1.29, 1.82) is 0 Å². The number of nitrogens with zero attached hydrogens (tertiary/aromatic N) is 1. The highest BCUT2D eigenvalue weighted by atomic mass is 79.9. The number of halogens is 1. The highest BCUT2D eigenvalue weighted by Crippen LogP contribution is 2.30. The Kier molecular flexibility index (Phi) is 6.48. The van der Waals surface area contributed by atoms with Crippen LogP contribution in [0.15, 0.2) is 27.6 Å². The highest BCUT2D eigenvalue weighted by Gasteiger charge is 2.27. The Hall–Kier alpha value is -0.590. The molecule has 0 saturated carbocycles. The predicted molar refractivity (Wildman–Crippen MR) is 84.6 cm³/mol. The van der Waals surface area contributed by atoms with Crippen molar-refractivity contribution in [2.75, 3.05) is 20.2 Å². The van der Waals surface area contributed by atoms with E-state index in [0.29, 0.717) is 24.8 Å². The van der Waals surface area contributed by atoms with E-state index in [-0.39, 0.29) is 4.90 Å². The van der Waals surface area contributed by atoms with Crippen molar-refractivity contribution >= 4 is 26.0 Å². The number of ether oxygens (including phenoxy) is 1. The maximum Gasteiger partial charge on any atom is 0.246 e. The van der Waals surface area contributed by atoms with Crippen LogP contribution in [0.5, 0.6) is 5.75 Å². The van der Waals surface area contributed by atoms with E-state index in [2.05, 4.69) is 29.8 Å². The van der Waals surface area contributed by atoms with Crippen molar-refractivity contribution in [3.05, 3.63) is 22.7 Å². The van der Waals surface area contributed by atoms with Gasteiger partial charge >= 0.3 is 0 Å². The Morgan fingerprint density at radius 2 is 2.00 bits per heavy atom. The summed E-state index contributed by atoms with van der Waals surface area (Å²) in [4.78, 5) is 0.208. The molecule has 1 aromatic carbocycles. The topological polar surface area (TPSA) is 46.6 Å². The van der Waals surface area contributed by atoms with Crippen LogP contribution in [0.25, 0.3) is 0 Å². The zero-order valence-corrected chi connectivity index (χ0v) is 14.8. The minimum absolute atomic E-state index is 0.208. The Morgan fingerprint density at radius 1 is 1.35 bits per heavy atom. The van der Waals surface area contributed by atoms with Crippen LogP contribution in [0.3, 0.4) is 0 Å². The number of sulfonamides is 1. The zero-order valence-electron chi connectivity index (χ0n) is 12.4. The molecular weight excluding hydrogens is 342 g/mol. The Balaban J connectivity index is 3.23. The maximum atomic E-state index is 12.8. The van der Waals surface area contributed by atoms with Crippen LogP contribution in [-0.2, 0) is 10.0 Å². The smallest absolute Gasteiger partial charge is 0.246 e. The molecular formula is C14H22BrNO3S. The minimum atomic E-state index is -3.54. The zero-order chi connectivity index (χ0) is 15.3. The van der Waals surface area contributed by atoms with E-state index in [9.17, 15) is 8.42 Å². The van der Waals surface area contributed by atoms with Crippen LogP contribution in [0.4, 0.5) is 0 Å². The molecule has 0 amide bonds. The van der Waals surface area contributed by atoms with Crippen LogP contribution in [-0.4, -0.2) is 32.9 Å². The van der Waals surface area contributed by atoms with Crippen LogP contribution in [0.2, 0.25) is 0 Å². The summed E-state index contributed by atoms with van der Waals surface area (Å²) in [5.74, 6) is 0.693. The molecule has 0 aromatic heterocycles. The van der Waals surface area contributed by atoms with Crippen LogP contribution in [0.1, 0.15) is 27.2 Å². The van der Waals surface area contributed by atoms with Gasteiger partial charge in [0.1, 0.15) is 10.6 Å². The van der Waals surface area contributed by atoms with E-state index in [1.54, 1.807) is 18.2 Å². The molecule has 0 fully saturated rings. The van der Waals surface area contributed by atoms with Crippen LogP contribution >= 0.6 is 15.9 Å². The first kappa shape index (κ1) is 17.5. The van der Waals surface area contributed by atoms with Gasteiger partial charge in [-0.15, -0.1) is 0 Å². The third-order valence-corrected chi connectivity index (χ3v) is 5.76. The molecule has 1 unspecified atom stereocenters. The van der Waals surface area contributed by atoms with Gasteiger partial charge in [-0.05, 0) is 24.1 Å². The number of hydrogen-bond acceptors (Lipinski definition) is 3. The lowest BCUT2D eigenvalue weighted by Gasteiger charge is -2.24. The maximum absolute atomic E-state index is 12.8. The van der Waals surface area contributed by atoms with Gasteiger partial charge in [-0.1, -0.05) is 43.1 Å². The number of benzene rings is 1. The van der Waals surface area contributed by atoms with E-state index in [4.69, 9.17) is 4.74 Å². The van der Waals surface area contributed by atoms with Gasteiger partial charge in [0, 0.05) is 17.6 Å². The molecule has 6 heteroatoms. The molecule has 114 valence electrons. The number of methoxy groups -OCH3 is 1. The second-order valence-corrected chi connectivity index (χ2v) is 7.59. The van der Waals surface area contributed by atoms with E-state index in [1.165, 1.54) is 11.4 Å².